The molecule has 0 unspecified atom stereocenters. The van der Waals surface area contributed by atoms with Gasteiger partial charge in [0.15, 0.2) is 0 Å². The summed E-state index contributed by atoms with van der Waals surface area (Å²) in [4.78, 5) is 9.52. The lowest BCUT2D eigenvalue weighted by atomic mass is 10.2. The largest absolute Gasteiger partial charge is 0.396 e. The van der Waals surface area contributed by atoms with Gasteiger partial charge < -0.3 is 10.6 Å². The normalized spacial score (nSPS) is 10.3. The van der Waals surface area contributed by atoms with Crippen molar-refractivity contribution in [2.75, 3.05) is 17.7 Å². The quantitative estimate of drug-likeness (QED) is 0.659. The maximum atomic E-state index is 13.3. The summed E-state index contributed by atoms with van der Waals surface area (Å²) in [6.07, 6.45) is 1.35. The number of halogens is 2. The fraction of sp³-hybridized carbons (Fsp3) is 0.0909. The highest BCUT2D eigenvalue weighted by atomic mass is 35.5. The minimum Gasteiger partial charge on any atom is -0.396 e. The van der Waals surface area contributed by atoms with Crippen molar-refractivity contribution < 1.29 is 4.39 Å². The molecule has 0 aliphatic heterocycles. The minimum absolute atomic E-state index is 0.114. The van der Waals surface area contributed by atoms with Gasteiger partial charge in [0.05, 0.1) is 5.69 Å². The van der Waals surface area contributed by atoms with Gasteiger partial charge in [0, 0.05) is 18.8 Å². The van der Waals surface area contributed by atoms with Crippen LogP contribution in [0.5, 0.6) is 0 Å². The average Bonchev–Trinajstić information content (AvgIpc) is 2.32. The molecule has 4 nitrogen and oxygen atoms in total. The van der Waals surface area contributed by atoms with Crippen LogP contribution in [-0.4, -0.2) is 17.0 Å². The Morgan fingerprint density at radius 1 is 1.29 bits per heavy atom. The average molecular weight is 253 g/mol. The second kappa shape index (κ2) is 4.55. The lowest BCUT2D eigenvalue weighted by Crippen LogP contribution is -2.11. The Hall–Kier alpha value is -1.88. The van der Waals surface area contributed by atoms with Gasteiger partial charge in [0.2, 0.25) is 0 Å². The van der Waals surface area contributed by atoms with Gasteiger partial charge in [-0.15, -0.1) is 0 Å². The Morgan fingerprint density at radius 2 is 2.06 bits per heavy atom. The van der Waals surface area contributed by atoms with Crippen molar-refractivity contribution >= 4 is 28.8 Å². The van der Waals surface area contributed by atoms with E-state index in [-0.39, 0.29) is 5.69 Å². The summed E-state index contributed by atoms with van der Waals surface area (Å²) in [6, 6.07) is 6.14. The maximum Gasteiger partial charge on any atom is 0.148 e. The minimum atomic E-state index is -0.463. The van der Waals surface area contributed by atoms with E-state index in [2.05, 4.69) is 9.97 Å². The second-order valence-electron chi connectivity index (χ2n) is 3.46. The summed E-state index contributed by atoms with van der Waals surface area (Å²) in [7, 11) is 1.75. The SMILES string of the molecule is CN(c1ccc(N)c(F)c1)c1cc(Cl)ncn1. The molecule has 0 bridgehead atoms. The van der Waals surface area contributed by atoms with Crippen LogP contribution in [0.15, 0.2) is 30.6 Å². The smallest absolute Gasteiger partial charge is 0.148 e. The molecule has 0 amide bonds. The zero-order chi connectivity index (χ0) is 12.4. The summed E-state index contributed by atoms with van der Waals surface area (Å²) in [5, 5.41) is 0.331. The molecule has 88 valence electrons. The van der Waals surface area contributed by atoms with E-state index in [0.717, 1.165) is 0 Å². The van der Waals surface area contributed by atoms with Gasteiger partial charge in [0.25, 0.3) is 0 Å². The molecule has 2 rings (SSSR count). The molecule has 0 fully saturated rings. The van der Waals surface area contributed by atoms with E-state index in [0.29, 0.717) is 16.7 Å². The molecule has 6 heteroatoms. The predicted molar refractivity (Wildman–Crippen MR) is 65.9 cm³/mol. The Kier molecular flexibility index (Phi) is 3.10. The number of aromatic nitrogens is 2. The molecule has 0 saturated carbocycles. The number of nitrogens with zero attached hydrogens (tertiary/aromatic N) is 3. The van der Waals surface area contributed by atoms with Crippen LogP contribution < -0.4 is 10.6 Å². The molecule has 0 aliphatic carbocycles. The summed E-state index contributed by atoms with van der Waals surface area (Å²) < 4.78 is 13.3. The van der Waals surface area contributed by atoms with E-state index in [1.807, 2.05) is 0 Å². The molecule has 0 spiro atoms. The maximum absolute atomic E-state index is 13.3. The van der Waals surface area contributed by atoms with Crippen molar-refractivity contribution in [3.05, 3.63) is 41.6 Å². The molecule has 0 atom stereocenters. The zero-order valence-corrected chi connectivity index (χ0v) is 9.82. The molecular formula is C11H10ClFN4. The van der Waals surface area contributed by atoms with Gasteiger partial charge in [0.1, 0.15) is 23.1 Å². The fourth-order valence-electron chi connectivity index (χ4n) is 1.36. The molecule has 1 aromatic heterocycles. The summed E-state index contributed by atoms with van der Waals surface area (Å²) in [5.41, 5.74) is 6.16. The third-order valence-corrected chi connectivity index (χ3v) is 2.54. The zero-order valence-electron chi connectivity index (χ0n) is 9.06. The molecular weight excluding hydrogens is 243 g/mol. The first-order valence-electron chi connectivity index (χ1n) is 4.84. The van der Waals surface area contributed by atoms with Crippen LogP contribution in [0.4, 0.5) is 21.6 Å². The highest BCUT2D eigenvalue weighted by molar-refractivity contribution is 6.29. The van der Waals surface area contributed by atoms with Crippen LogP contribution in [0.3, 0.4) is 0 Å². The van der Waals surface area contributed by atoms with Crippen LogP contribution in [0.2, 0.25) is 5.15 Å². The second-order valence-corrected chi connectivity index (χ2v) is 3.85. The first-order valence-corrected chi connectivity index (χ1v) is 5.22. The molecule has 17 heavy (non-hydrogen) atoms. The first-order chi connectivity index (χ1) is 8.08. The van der Waals surface area contributed by atoms with Crippen LogP contribution in [0.1, 0.15) is 0 Å². The predicted octanol–water partition coefficient (Wildman–Crippen LogP) is 2.62. The summed E-state index contributed by atoms with van der Waals surface area (Å²) in [5.74, 6) is 0.115. The van der Waals surface area contributed by atoms with E-state index < -0.39 is 5.82 Å². The van der Waals surface area contributed by atoms with Gasteiger partial charge in [-0.05, 0) is 18.2 Å². The number of nitrogen functional groups attached to an aromatic ring is 1. The van der Waals surface area contributed by atoms with Gasteiger partial charge in [-0.2, -0.15) is 0 Å². The van der Waals surface area contributed by atoms with E-state index in [9.17, 15) is 4.39 Å². The standard InChI is InChI=1S/C11H10ClFN4/c1-17(11-5-10(12)15-6-16-11)7-2-3-9(14)8(13)4-7/h2-6H,14H2,1H3. The number of anilines is 3. The Morgan fingerprint density at radius 3 is 2.71 bits per heavy atom. The van der Waals surface area contributed by atoms with Crippen molar-refractivity contribution in [3.8, 4) is 0 Å². The molecule has 1 aromatic carbocycles. The van der Waals surface area contributed by atoms with Crippen molar-refractivity contribution in [2.45, 2.75) is 0 Å². The third-order valence-electron chi connectivity index (χ3n) is 2.33. The van der Waals surface area contributed by atoms with Crippen LogP contribution in [0.25, 0.3) is 0 Å². The molecule has 0 radical (unpaired) electrons. The molecule has 0 saturated heterocycles. The third kappa shape index (κ3) is 2.45. The highest BCUT2D eigenvalue weighted by Crippen LogP contribution is 2.25. The topological polar surface area (TPSA) is 55.0 Å². The van der Waals surface area contributed by atoms with Crippen molar-refractivity contribution in [3.63, 3.8) is 0 Å². The Balaban J connectivity index is 2.36. The van der Waals surface area contributed by atoms with Crippen molar-refractivity contribution in [1.82, 2.24) is 9.97 Å². The van der Waals surface area contributed by atoms with Crippen LogP contribution in [0, 0.1) is 5.82 Å². The Labute approximate surface area is 103 Å². The number of hydrogen-bond acceptors (Lipinski definition) is 4. The lowest BCUT2D eigenvalue weighted by molar-refractivity contribution is 0.632. The molecule has 0 aliphatic rings. The number of benzene rings is 1. The fourth-order valence-corrected chi connectivity index (χ4v) is 1.51. The van der Waals surface area contributed by atoms with Gasteiger partial charge in [-0.1, -0.05) is 11.6 Å². The van der Waals surface area contributed by atoms with E-state index >= 15 is 0 Å². The highest BCUT2D eigenvalue weighted by Gasteiger charge is 2.08. The molecule has 1 heterocycles. The summed E-state index contributed by atoms with van der Waals surface area (Å²) >= 11 is 5.76. The van der Waals surface area contributed by atoms with Crippen molar-refractivity contribution in [1.29, 1.82) is 0 Å². The van der Waals surface area contributed by atoms with E-state index in [4.69, 9.17) is 17.3 Å². The summed E-state index contributed by atoms with van der Waals surface area (Å²) in [6.45, 7) is 0. The number of nitrogens with two attached hydrogens (primary N) is 1. The van der Waals surface area contributed by atoms with Crippen molar-refractivity contribution in [2.24, 2.45) is 0 Å². The Bertz CT molecular complexity index is 547. The van der Waals surface area contributed by atoms with Gasteiger partial charge >= 0.3 is 0 Å². The monoisotopic (exact) mass is 252 g/mol. The van der Waals surface area contributed by atoms with Gasteiger partial charge in [-0.3, -0.25) is 0 Å². The van der Waals surface area contributed by atoms with E-state index in [1.54, 1.807) is 24.1 Å². The lowest BCUT2D eigenvalue weighted by Gasteiger charge is -2.18. The number of rotatable bonds is 2. The first kappa shape index (κ1) is 11.6. The number of hydrogen-bond donors (Lipinski definition) is 1. The van der Waals surface area contributed by atoms with Gasteiger partial charge in [-0.25, -0.2) is 14.4 Å². The molecule has 2 aromatic rings. The van der Waals surface area contributed by atoms with Crippen LogP contribution >= 0.6 is 11.6 Å². The molecule has 2 N–H and O–H groups in total. The van der Waals surface area contributed by atoms with E-state index in [1.165, 1.54) is 18.5 Å². The van der Waals surface area contributed by atoms with Crippen LogP contribution in [-0.2, 0) is 0 Å².